The van der Waals surface area contributed by atoms with Crippen LogP contribution < -0.4 is 10.6 Å². The lowest BCUT2D eigenvalue weighted by Gasteiger charge is -2.28. The quantitative estimate of drug-likeness (QED) is 0.249. The molecule has 1 aromatic carbocycles. The van der Waals surface area contributed by atoms with Gasteiger partial charge in [0.25, 0.3) is 0 Å². The third kappa shape index (κ3) is 7.76. The Morgan fingerprint density at radius 2 is 2.08 bits per heavy atom. The van der Waals surface area contributed by atoms with Crippen LogP contribution in [0.2, 0.25) is 5.02 Å². The summed E-state index contributed by atoms with van der Waals surface area (Å²) >= 11 is 6.34. The van der Waals surface area contributed by atoms with Gasteiger partial charge in [-0.25, -0.2) is 9.37 Å². The van der Waals surface area contributed by atoms with Crippen LogP contribution in [0.1, 0.15) is 37.0 Å². The Morgan fingerprint density at radius 1 is 1.31 bits per heavy atom. The van der Waals surface area contributed by atoms with Crippen molar-refractivity contribution in [3.8, 4) is 0 Å². The molecule has 0 spiro atoms. The van der Waals surface area contributed by atoms with Crippen LogP contribution in [-0.2, 0) is 20.0 Å². The fourth-order valence-corrected chi connectivity index (χ4v) is 5.93. The molecule has 2 aromatic heterocycles. The Bertz CT molecular complexity index is 1160. The molecule has 196 valence electrons. The fraction of sp³-hybridized carbons (Fsp3) is 0.464. The Balaban J connectivity index is 1.47. The van der Waals surface area contributed by atoms with Gasteiger partial charge in [0.1, 0.15) is 11.5 Å². The molecule has 0 amide bonds. The number of aryl methyl sites for hydroxylation is 2. The molecule has 0 fully saturated rings. The highest BCUT2D eigenvalue weighted by atomic mass is 35.5. The number of hydrogen-bond acceptors (Lipinski definition) is 4. The molecule has 5 nitrogen and oxygen atoms in total. The van der Waals surface area contributed by atoms with Crippen molar-refractivity contribution in [2.45, 2.75) is 46.2 Å². The van der Waals surface area contributed by atoms with E-state index in [1.807, 2.05) is 43.1 Å². The summed E-state index contributed by atoms with van der Waals surface area (Å²) < 4.78 is 18.0. The number of nitrogens with zero attached hydrogens (tertiary/aromatic N) is 3. The van der Waals surface area contributed by atoms with Gasteiger partial charge >= 0.3 is 0 Å². The number of likely N-dealkylation sites (N-methyl/N-ethyl adjacent to an activating group) is 1. The van der Waals surface area contributed by atoms with Crippen LogP contribution in [0.15, 0.2) is 48.9 Å². The number of aromatic nitrogens is 2. The number of fused-ring (bicyclic) bond motifs is 1. The minimum Gasteiger partial charge on any atom is -0.383 e. The molecule has 3 unspecified atom stereocenters. The van der Waals surface area contributed by atoms with Crippen LogP contribution in [-0.4, -0.2) is 46.6 Å². The van der Waals surface area contributed by atoms with Crippen LogP contribution in [0, 0.1) is 18.7 Å². The minimum absolute atomic E-state index is 0.131. The number of pyridine rings is 1. The highest BCUT2D eigenvalue weighted by Gasteiger charge is 2.15. The smallest absolute Gasteiger partial charge is 0.141 e. The van der Waals surface area contributed by atoms with Crippen molar-refractivity contribution in [1.29, 1.82) is 0 Å². The number of nitrogens with one attached hydrogen (secondary N) is 2. The Morgan fingerprint density at radius 3 is 2.81 bits per heavy atom. The van der Waals surface area contributed by atoms with E-state index in [9.17, 15) is 4.39 Å². The lowest BCUT2D eigenvalue weighted by atomic mass is 9.95. The van der Waals surface area contributed by atoms with Crippen molar-refractivity contribution in [3.63, 3.8) is 0 Å². The molecule has 2 heterocycles. The molecule has 0 aliphatic heterocycles. The van der Waals surface area contributed by atoms with Gasteiger partial charge in [0, 0.05) is 43.1 Å². The first-order chi connectivity index (χ1) is 17.2. The normalized spacial score (nSPS) is 13.7. The van der Waals surface area contributed by atoms with Crippen molar-refractivity contribution >= 4 is 31.4 Å². The van der Waals surface area contributed by atoms with E-state index in [1.165, 1.54) is 5.56 Å². The van der Waals surface area contributed by atoms with Crippen LogP contribution in [0.5, 0.6) is 0 Å². The summed E-state index contributed by atoms with van der Waals surface area (Å²) in [7, 11) is 4.82. The highest BCUT2D eigenvalue weighted by molar-refractivity contribution is 7.35. The molecule has 3 rings (SSSR count). The first-order valence-corrected chi connectivity index (χ1v) is 14.2. The van der Waals surface area contributed by atoms with Crippen molar-refractivity contribution in [1.82, 2.24) is 24.9 Å². The SMILES string of the molecule is C=C(NCc1cnc2c(c1)c(Cl)cn2C)C(C)N(C)PCCC(CNCC)Cc1ccc(F)c(C)c1. The lowest BCUT2D eigenvalue weighted by molar-refractivity contribution is 0.445. The average molecular weight is 532 g/mol. The van der Waals surface area contributed by atoms with Gasteiger partial charge in [-0.1, -0.05) is 46.0 Å². The van der Waals surface area contributed by atoms with E-state index in [1.54, 1.807) is 6.07 Å². The summed E-state index contributed by atoms with van der Waals surface area (Å²) in [5, 5.41) is 8.67. The molecule has 2 N–H and O–H groups in total. The van der Waals surface area contributed by atoms with Gasteiger partial charge in [0.2, 0.25) is 0 Å². The first kappa shape index (κ1) is 28.6. The van der Waals surface area contributed by atoms with Gasteiger partial charge in [-0.3, -0.25) is 4.67 Å². The first-order valence-electron chi connectivity index (χ1n) is 12.6. The summed E-state index contributed by atoms with van der Waals surface area (Å²) in [5.74, 6) is 0.396. The third-order valence-corrected chi connectivity index (χ3v) is 8.47. The van der Waals surface area contributed by atoms with Crippen LogP contribution >= 0.6 is 20.3 Å². The van der Waals surface area contributed by atoms with Gasteiger partial charge in [0.15, 0.2) is 0 Å². The summed E-state index contributed by atoms with van der Waals surface area (Å²) in [6.45, 7) is 13.1. The van der Waals surface area contributed by atoms with Crippen LogP contribution in [0.25, 0.3) is 11.0 Å². The molecule has 3 atom stereocenters. The van der Waals surface area contributed by atoms with E-state index >= 15 is 0 Å². The van der Waals surface area contributed by atoms with Crippen molar-refractivity contribution < 1.29 is 4.39 Å². The number of halogens is 2. The number of hydrogen-bond donors (Lipinski definition) is 2. The monoisotopic (exact) mass is 531 g/mol. The summed E-state index contributed by atoms with van der Waals surface area (Å²) in [4.78, 5) is 4.55. The Labute approximate surface area is 222 Å². The zero-order chi connectivity index (χ0) is 26.2. The number of rotatable bonds is 14. The molecule has 0 aliphatic rings. The Kier molecular flexibility index (Phi) is 10.7. The van der Waals surface area contributed by atoms with E-state index in [0.29, 0.717) is 21.2 Å². The van der Waals surface area contributed by atoms with E-state index in [4.69, 9.17) is 11.6 Å². The maximum Gasteiger partial charge on any atom is 0.141 e. The van der Waals surface area contributed by atoms with Gasteiger partial charge in [-0.2, -0.15) is 0 Å². The summed E-state index contributed by atoms with van der Waals surface area (Å²) in [6, 6.07) is 7.81. The van der Waals surface area contributed by atoms with E-state index in [-0.39, 0.29) is 11.9 Å². The molecule has 0 bridgehead atoms. The van der Waals surface area contributed by atoms with Crippen LogP contribution in [0.4, 0.5) is 4.39 Å². The molecule has 0 radical (unpaired) electrons. The van der Waals surface area contributed by atoms with E-state index < -0.39 is 0 Å². The van der Waals surface area contributed by atoms with Gasteiger partial charge in [-0.05, 0) is 87.7 Å². The minimum atomic E-state index is -0.131. The molecule has 36 heavy (non-hydrogen) atoms. The van der Waals surface area contributed by atoms with Gasteiger partial charge in [0.05, 0.1) is 5.02 Å². The van der Waals surface area contributed by atoms with Gasteiger partial charge < -0.3 is 15.2 Å². The maximum atomic E-state index is 13.7. The Hall–Kier alpha value is -1.98. The standard InChI is InChI=1S/C28H40ClFN5P/c1-7-31-15-23(13-22-8-9-27(30)19(2)12-22)10-11-36-35(6)21(4)20(3)32-16-24-14-25-26(29)18-34(5)28(25)33-17-24/h8-9,12,14,17-18,21,23,31-32,36H,3,7,10-11,13,15-16H2,1-2,4-6H3. The highest BCUT2D eigenvalue weighted by Crippen LogP contribution is 2.27. The van der Waals surface area contributed by atoms with Crippen molar-refractivity contribution in [2.75, 3.05) is 26.3 Å². The maximum absolute atomic E-state index is 13.7. The topological polar surface area (TPSA) is 45.1 Å². The second-order valence-corrected chi connectivity index (χ2v) is 11.6. The average Bonchev–Trinajstić information content (AvgIpc) is 3.15. The molecule has 0 saturated heterocycles. The van der Waals surface area contributed by atoms with E-state index in [0.717, 1.165) is 65.0 Å². The van der Waals surface area contributed by atoms with Crippen molar-refractivity contribution in [2.24, 2.45) is 13.0 Å². The third-order valence-electron chi connectivity index (χ3n) is 6.77. The zero-order valence-corrected chi connectivity index (χ0v) is 23.9. The molecule has 0 saturated carbocycles. The fourth-order valence-electron chi connectivity index (χ4n) is 4.33. The van der Waals surface area contributed by atoms with Crippen LogP contribution in [0.3, 0.4) is 0 Å². The molecule has 8 heteroatoms. The summed E-state index contributed by atoms with van der Waals surface area (Å²) in [5.41, 5.74) is 4.90. The predicted molar refractivity (Wildman–Crippen MR) is 154 cm³/mol. The zero-order valence-electron chi connectivity index (χ0n) is 22.2. The molecular weight excluding hydrogens is 492 g/mol. The number of benzene rings is 1. The van der Waals surface area contributed by atoms with Gasteiger partial charge in [-0.15, -0.1) is 0 Å². The second kappa shape index (κ2) is 13.5. The lowest BCUT2D eigenvalue weighted by Crippen LogP contribution is -2.31. The largest absolute Gasteiger partial charge is 0.383 e. The summed E-state index contributed by atoms with van der Waals surface area (Å²) in [6.07, 6.45) is 6.99. The molecule has 3 aromatic rings. The second-order valence-electron chi connectivity index (χ2n) is 9.63. The predicted octanol–water partition coefficient (Wildman–Crippen LogP) is 6.05. The molecule has 0 aliphatic carbocycles. The van der Waals surface area contributed by atoms with Crippen molar-refractivity contribution in [3.05, 3.63) is 76.5 Å². The van der Waals surface area contributed by atoms with E-state index in [2.05, 4.69) is 53.8 Å². The molecular formula is C28H40ClFN5P.